The minimum Gasteiger partial charge on any atom is -0.333 e. The zero-order chi connectivity index (χ0) is 15.8. The summed E-state index contributed by atoms with van der Waals surface area (Å²) in [7, 11) is 0. The van der Waals surface area contributed by atoms with Gasteiger partial charge in [0.25, 0.3) is 5.91 Å². The molecule has 0 atom stereocenters. The van der Waals surface area contributed by atoms with Crippen LogP contribution in [0.25, 0.3) is 0 Å². The summed E-state index contributed by atoms with van der Waals surface area (Å²) >= 11 is 0. The molecule has 0 aromatic heterocycles. The molecular formula is C17H23N3O2. The van der Waals surface area contributed by atoms with Gasteiger partial charge in [-0.1, -0.05) is 37.6 Å². The van der Waals surface area contributed by atoms with Crippen molar-refractivity contribution in [2.75, 3.05) is 13.1 Å². The van der Waals surface area contributed by atoms with E-state index in [1.807, 2.05) is 24.3 Å². The van der Waals surface area contributed by atoms with Crippen LogP contribution in [0.5, 0.6) is 0 Å². The standard InChI is InChI=1S/C17H23N3O2/c1-2-14-7-9-15(10-8-14)12-18-19-16(21)13-20-11-5-3-4-6-17(20)22/h7-10,12H,2-6,11,13H2,1H3,(H,19,21)/b18-12-. The second-order valence-corrected chi connectivity index (χ2v) is 5.51. The highest BCUT2D eigenvalue weighted by Gasteiger charge is 2.18. The molecule has 2 amide bonds. The second kappa shape index (κ2) is 8.32. The van der Waals surface area contributed by atoms with Gasteiger partial charge in [0.1, 0.15) is 6.54 Å². The summed E-state index contributed by atoms with van der Waals surface area (Å²) in [5.41, 5.74) is 4.68. The van der Waals surface area contributed by atoms with E-state index >= 15 is 0 Å². The number of nitrogens with one attached hydrogen (secondary N) is 1. The Labute approximate surface area is 131 Å². The van der Waals surface area contributed by atoms with Gasteiger partial charge in [-0.05, 0) is 30.4 Å². The molecule has 1 fully saturated rings. The number of nitrogens with zero attached hydrogens (tertiary/aromatic N) is 2. The molecule has 0 unspecified atom stereocenters. The van der Waals surface area contributed by atoms with Gasteiger partial charge in [-0.2, -0.15) is 5.10 Å². The van der Waals surface area contributed by atoms with E-state index in [9.17, 15) is 9.59 Å². The molecule has 1 aromatic carbocycles. The highest BCUT2D eigenvalue weighted by atomic mass is 16.2. The highest BCUT2D eigenvalue weighted by molar-refractivity contribution is 5.86. The lowest BCUT2D eigenvalue weighted by Gasteiger charge is -2.18. The summed E-state index contributed by atoms with van der Waals surface area (Å²) in [4.78, 5) is 25.3. The smallest absolute Gasteiger partial charge is 0.259 e. The van der Waals surface area contributed by atoms with Crippen molar-refractivity contribution in [2.24, 2.45) is 5.10 Å². The van der Waals surface area contributed by atoms with Gasteiger partial charge in [-0.3, -0.25) is 9.59 Å². The van der Waals surface area contributed by atoms with Gasteiger partial charge < -0.3 is 4.90 Å². The molecule has 1 aliphatic heterocycles. The van der Waals surface area contributed by atoms with Crippen molar-refractivity contribution in [1.29, 1.82) is 0 Å². The van der Waals surface area contributed by atoms with E-state index in [0.29, 0.717) is 13.0 Å². The molecule has 0 spiro atoms. The first-order valence-corrected chi connectivity index (χ1v) is 7.87. The third kappa shape index (κ3) is 4.98. The van der Waals surface area contributed by atoms with E-state index in [1.54, 1.807) is 11.1 Å². The number of carbonyl (C=O) groups is 2. The predicted octanol–water partition coefficient (Wildman–Crippen LogP) is 2.10. The average Bonchev–Trinajstić information content (AvgIpc) is 2.73. The Kier molecular flexibility index (Phi) is 6.13. The van der Waals surface area contributed by atoms with Crippen LogP contribution in [0.15, 0.2) is 29.4 Å². The van der Waals surface area contributed by atoms with Crippen LogP contribution in [0.4, 0.5) is 0 Å². The maximum Gasteiger partial charge on any atom is 0.259 e. The van der Waals surface area contributed by atoms with Gasteiger partial charge in [0, 0.05) is 13.0 Å². The van der Waals surface area contributed by atoms with Crippen LogP contribution in [0.1, 0.15) is 43.7 Å². The molecule has 5 heteroatoms. The molecule has 0 bridgehead atoms. The highest BCUT2D eigenvalue weighted by Crippen LogP contribution is 2.10. The summed E-state index contributed by atoms with van der Waals surface area (Å²) in [6.07, 6.45) is 6.09. The quantitative estimate of drug-likeness (QED) is 0.669. The molecular weight excluding hydrogens is 278 g/mol. The van der Waals surface area contributed by atoms with E-state index in [0.717, 1.165) is 31.2 Å². The number of amides is 2. The monoisotopic (exact) mass is 301 g/mol. The van der Waals surface area contributed by atoms with Gasteiger partial charge in [0.05, 0.1) is 6.21 Å². The summed E-state index contributed by atoms with van der Waals surface area (Å²) in [6, 6.07) is 8.01. The fourth-order valence-corrected chi connectivity index (χ4v) is 2.43. The molecule has 1 aromatic rings. The van der Waals surface area contributed by atoms with Crippen molar-refractivity contribution in [3.8, 4) is 0 Å². The van der Waals surface area contributed by atoms with Crippen molar-refractivity contribution in [1.82, 2.24) is 10.3 Å². The Morgan fingerprint density at radius 2 is 2.05 bits per heavy atom. The van der Waals surface area contributed by atoms with Crippen molar-refractivity contribution in [3.63, 3.8) is 0 Å². The summed E-state index contributed by atoms with van der Waals surface area (Å²) in [6.45, 7) is 2.85. The first kappa shape index (κ1) is 16.2. The molecule has 0 saturated carbocycles. The van der Waals surface area contributed by atoms with Crippen molar-refractivity contribution in [2.45, 2.75) is 39.0 Å². The fourth-order valence-electron chi connectivity index (χ4n) is 2.43. The van der Waals surface area contributed by atoms with E-state index < -0.39 is 0 Å². The van der Waals surface area contributed by atoms with Gasteiger partial charge >= 0.3 is 0 Å². The maximum absolute atomic E-state index is 11.8. The molecule has 1 N–H and O–H groups in total. The van der Waals surface area contributed by atoms with E-state index in [-0.39, 0.29) is 18.4 Å². The lowest BCUT2D eigenvalue weighted by molar-refractivity contribution is -0.135. The molecule has 118 valence electrons. The Bertz CT molecular complexity index is 537. The SMILES string of the molecule is CCc1ccc(/C=N\NC(=O)CN2CCCCCC2=O)cc1. The number of likely N-dealkylation sites (tertiary alicyclic amines) is 1. The van der Waals surface area contributed by atoms with Gasteiger partial charge in [0.15, 0.2) is 0 Å². The van der Waals surface area contributed by atoms with Crippen LogP contribution in [-0.4, -0.2) is 36.0 Å². The molecule has 0 aliphatic carbocycles. The molecule has 1 aliphatic rings. The van der Waals surface area contributed by atoms with E-state index in [2.05, 4.69) is 17.5 Å². The predicted molar refractivity (Wildman–Crippen MR) is 86.6 cm³/mol. The van der Waals surface area contributed by atoms with Crippen molar-refractivity contribution < 1.29 is 9.59 Å². The first-order chi connectivity index (χ1) is 10.7. The second-order valence-electron chi connectivity index (χ2n) is 5.51. The Morgan fingerprint density at radius 3 is 2.77 bits per heavy atom. The number of carbonyl (C=O) groups excluding carboxylic acids is 2. The number of hydrogen-bond acceptors (Lipinski definition) is 3. The summed E-state index contributed by atoms with van der Waals surface area (Å²) in [5.74, 6) is -0.191. The van der Waals surface area contributed by atoms with Crippen LogP contribution in [-0.2, 0) is 16.0 Å². The number of rotatable bonds is 5. The van der Waals surface area contributed by atoms with Crippen LogP contribution in [0.3, 0.4) is 0 Å². The van der Waals surface area contributed by atoms with Crippen LogP contribution < -0.4 is 5.43 Å². The van der Waals surface area contributed by atoms with Crippen LogP contribution in [0, 0.1) is 0 Å². The molecule has 2 rings (SSSR count). The third-order valence-electron chi connectivity index (χ3n) is 3.80. The fraction of sp³-hybridized carbons (Fsp3) is 0.471. The molecule has 0 radical (unpaired) electrons. The number of benzene rings is 1. The van der Waals surface area contributed by atoms with Crippen LogP contribution in [0.2, 0.25) is 0 Å². The summed E-state index contributed by atoms with van der Waals surface area (Å²) in [5, 5.41) is 3.95. The maximum atomic E-state index is 11.8. The number of hydrogen-bond donors (Lipinski definition) is 1. The van der Waals surface area contributed by atoms with Crippen LogP contribution >= 0.6 is 0 Å². The zero-order valence-corrected chi connectivity index (χ0v) is 13.0. The molecule has 5 nitrogen and oxygen atoms in total. The minimum absolute atomic E-state index is 0.0618. The normalized spacial score (nSPS) is 15.9. The minimum atomic E-state index is -0.253. The molecule has 1 heterocycles. The molecule has 1 saturated heterocycles. The van der Waals surface area contributed by atoms with Gasteiger partial charge in [-0.25, -0.2) is 5.43 Å². The molecule has 22 heavy (non-hydrogen) atoms. The lowest BCUT2D eigenvalue weighted by Crippen LogP contribution is -2.39. The Hall–Kier alpha value is -2.17. The Morgan fingerprint density at radius 1 is 1.27 bits per heavy atom. The average molecular weight is 301 g/mol. The number of hydrazone groups is 1. The van der Waals surface area contributed by atoms with Crippen molar-refractivity contribution >= 4 is 18.0 Å². The van der Waals surface area contributed by atoms with E-state index in [4.69, 9.17) is 0 Å². The first-order valence-electron chi connectivity index (χ1n) is 7.87. The van der Waals surface area contributed by atoms with Gasteiger partial charge in [-0.15, -0.1) is 0 Å². The lowest BCUT2D eigenvalue weighted by atomic mass is 10.1. The topological polar surface area (TPSA) is 61.8 Å². The van der Waals surface area contributed by atoms with Crippen molar-refractivity contribution in [3.05, 3.63) is 35.4 Å². The zero-order valence-electron chi connectivity index (χ0n) is 13.0. The van der Waals surface area contributed by atoms with E-state index in [1.165, 1.54) is 5.56 Å². The third-order valence-corrected chi connectivity index (χ3v) is 3.80. The Balaban J connectivity index is 1.81. The number of aryl methyl sites for hydroxylation is 1. The summed E-state index contributed by atoms with van der Waals surface area (Å²) < 4.78 is 0. The van der Waals surface area contributed by atoms with Gasteiger partial charge in [0.2, 0.25) is 5.91 Å². The largest absolute Gasteiger partial charge is 0.333 e.